The predicted octanol–water partition coefficient (Wildman–Crippen LogP) is 2.86. The van der Waals surface area contributed by atoms with Crippen molar-refractivity contribution in [1.29, 1.82) is 0 Å². The number of aliphatic hydroxyl groups is 1. The zero-order valence-electron chi connectivity index (χ0n) is 9.68. The van der Waals surface area contributed by atoms with Crippen LogP contribution in [0.15, 0.2) is 39.9 Å². The van der Waals surface area contributed by atoms with Gasteiger partial charge in [-0.1, -0.05) is 53.0 Å². The minimum Gasteiger partial charge on any atom is -0.491 e. The molecule has 0 aliphatic heterocycles. The highest BCUT2D eigenvalue weighted by atomic mass is 35.5. The van der Waals surface area contributed by atoms with Crippen LogP contribution in [0.3, 0.4) is 0 Å². The summed E-state index contributed by atoms with van der Waals surface area (Å²) in [6.07, 6.45) is -0.984. The molecule has 0 radical (unpaired) electrons. The molecule has 0 heterocycles. The molecule has 4 nitrogen and oxygen atoms in total. The van der Waals surface area contributed by atoms with Gasteiger partial charge in [-0.3, -0.25) is 0 Å². The van der Waals surface area contributed by atoms with E-state index in [0.29, 0.717) is 5.75 Å². The summed E-state index contributed by atoms with van der Waals surface area (Å²) in [6.45, 7) is -0.295. The lowest BCUT2D eigenvalue weighted by Crippen LogP contribution is -2.25. The average Bonchev–Trinajstić information content (AvgIpc) is 2.42. The zero-order chi connectivity index (χ0) is 14.3. The van der Waals surface area contributed by atoms with Gasteiger partial charge in [-0.25, -0.2) is 4.79 Å². The second-order valence-electron chi connectivity index (χ2n) is 3.45. The van der Waals surface area contributed by atoms with Gasteiger partial charge in [-0.15, -0.1) is 0 Å². The summed E-state index contributed by atoms with van der Waals surface area (Å²) in [6, 6.07) is 8.93. The maximum absolute atomic E-state index is 11.2. The Morgan fingerprint density at radius 1 is 1.16 bits per heavy atom. The lowest BCUT2D eigenvalue weighted by molar-refractivity contribution is -0.141. The molecule has 0 spiro atoms. The highest BCUT2D eigenvalue weighted by Crippen LogP contribution is 2.18. The van der Waals surface area contributed by atoms with E-state index in [1.807, 2.05) is 6.07 Å². The predicted molar refractivity (Wildman–Crippen MR) is 73.5 cm³/mol. The van der Waals surface area contributed by atoms with Gasteiger partial charge in [0, 0.05) is 0 Å². The van der Waals surface area contributed by atoms with Gasteiger partial charge in [0.05, 0.1) is 0 Å². The molecule has 0 bridgehead atoms. The molecule has 1 atom stereocenters. The number of carbonyl (C=O) groups excluding carboxylic acids is 1. The number of aliphatic hydroxyl groups excluding tert-OH is 1. The molecule has 19 heavy (non-hydrogen) atoms. The molecule has 104 valence electrons. The van der Waals surface area contributed by atoms with Crippen LogP contribution in [0.25, 0.3) is 0 Å². The molecule has 7 heteroatoms. The number of esters is 1. The molecule has 0 aromatic heterocycles. The SMILES string of the molecule is O=C(OCC(O)COc1ccccc1)C(Cl)=C(Cl)Cl. The fourth-order valence-corrected chi connectivity index (χ4v) is 1.28. The molecule has 1 aromatic carbocycles. The van der Waals surface area contributed by atoms with E-state index in [9.17, 15) is 9.90 Å². The maximum atomic E-state index is 11.2. The van der Waals surface area contributed by atoms with Gasteiger partial charge in [0.1, 0.15) is 29.6 Å². The van der Waals surface area contributed by atoms with E-state index < -0.39 is 17.1 Å². The number of halogens is 3. The molecule has 1 aromatic rings. The van der Waals surface area contributed by atoms with Crippen LogP contribution in [-0.4, -0.2) is 30.4 Å². The normalized spacial score (nSPS) is 11.6. The van der Waals surface area contributed by atoms with Crippen LogP contribution in [-0.2, 0) is 9.53 Å². The lowest BCUT2D eigenvalue weighted by Gasteiger charge is -2.12. The Kier molecular flexibility index (Phi) is 7.02. The number of hydrogen-bond donors (Lipinski definition) is 1. The van der Waals surface area contributed by atoms with E-state index in [-0.39, 0.29) is 17.7 Å². The highest BCUT2D eigenvalue weighted by molar-refractivity contribution is 6.62. The number of benzene rings is 1. The topological polar surface area (TPSA) is 55.8 Å². The first kappa shape index (κ1) is 16.1. The minimum absolute atomic E-state index is 0.0206. The van der Waals surface area contributed by atoms with E-state index in [1.54, 1.807) is 24.3 Å². The smallest absolute Gasteiger partial charge is 0.352 e. The molecular weight excluding hydrogens is 314 g/mol. The number of hydrogen-bond acceptors (Lipinski definition) is 4. The molecule has 0 saturated heterocycles. The molecule has 0 amide bonds. The van der Waals surface area contributed by atoms with Crippen molar-refractivity contribution in [2.45, 2.75) is 6.10 Å². The fourth-order valence-electron chi connectivity index (χ4n) is 1.07. The number of para-hydroxylation sites is 1. The molecule has 0 fully saturated rings. The molecule has 0 aliphatic carbocycles. The summed E-state index contributed by atoms with van der Waals surface area (Å²) in [5.41, 5.74) is 0. The zero-order valence-corrected chi connectivity index (χ0v) is 12.0. The van der Waals surface area contributed by atoms with Crippen molar-refractivity contribution in [3.05, 3.63) is 39.9 Å². The van der Waals surface area contributed by atoms with Crippen LogP contribution in [0, 0.1) is 0 Å². The van der Waals surface area contributed by atoms with Crippen LogP contribution in [0.5, 0.6) is 5.75 Å². The molecule has 0 saturated carbocycles. The summed E-state index contributed by atoms with van der Waals surface area (Å²) >= 11 is 16.1. The summed E-state index contributed by atoms with van der Waals surface area (Å²) in [7, 11) is 0. The van der Waals surface area contributed by atoms with Crippen LogP contribution < -0.4 is 4.74 Å². The third-order valence-electron chi connectivity index (χ3n) is 1.94. The summed E-state index contributed by atoms with van der Waals surface area (Å²) in [5.74, 6) is -0.296. The van der Waals surface area contributed by atoms with Crippen LogP contribution in [0.2, 0.25) is 0 Å². The fraction of sp³-hybridized carbons (Fsp3) is 0.250. The van der Waals surface area contributed by atoms with Crippen molar-refractivity contribution >= 4 is 40.8 Å². The average molecular weight is 326 g/mol. The van der Waals surface area contributed by atoms with E-state index in [0.717, 1.165) is 0 Å². The highest BCUT2D eigenvalue weighted by Gasteiger charge is 2.15. The molecule has 1 unspecified atom stereocenters. The lowest BCUT2D eigenvalue weighted by atomic mass is 10.3. The van der Waals surface area contributed by atoms with Gasteiger partial charge in [-0.05, 0) is 12.1 Å². The summed E-state index contributed by atoms with van der Waals surface area (Å²) < 4.78 is 9.57. The quantitative estimate of drug-likeness (QED) is 0.645. The van der Waals surface area contributed by atoms with E-state index in [2.05, 4.69) is 4.74 Å². The first-order chi connectivity index (χ1) is 9.00. The maximum Gasteiger partial charge on any atom is 0.352 e. The van der Waals surface area contributed by atoms with Gasteiger partial charge in [0.2, 0.25) is 0 Å². The van der Waals surface area contributed by atoms with E-state index in [4.69, 9.17) is 39.5 Å². The molecule has 1 N–H and O–H groups in total. The first-order valence-electron chi connectivity index (χ1n) is 5.24. The Morgan fingerprint density at radius 2 is 1.79 bits per heavy atom. The van der Waals surface area contributed by atoms with Crippen LogP contribution in [0.4, 0.5) is 0 Å². The second-order valence-corrected chi connectivity index (χ2v) is 4.78. The number of carbonyl (C=O) groups is 1. The summed E-state index contributed by atoms with van der Waals surface area (Å²) in [4.78, 5) is 11.2. The van der Waals surface area contributed by atoms with E-state index in [1.165, 1.54) is 0 Å². The standard InChI is InChI=1S/C12H11Cl3O4/c13-10(11(14)15)12(17)19-7-8(16)6-18-9-4-2-1-3-5-9/h1-5,8,16H,6-7H2. The van der Waals surface area contributed by atoms with Crippen molar-refractivity contribution < 1.29 is 19.4 Å². The Morgan fingerprint density at radius 3 is 2.37 bits per heavy atom. The Bertz CT molecular complexity index is 444. The second kappa shape index (κ2) is 8.27. The molecule has 1 rings (SSSR count). The number of ether oxygens (including phenoxy) is 2. The van der Waals surface area contributed by atoms with Crippen molar-refractivity contribution in [2.75, 3.05) is 13.2 Å². The van der Waals surface area contributed by atoms with Crippen molar-refractivity contribution in [3.63, 3.8) is 0 Å². The third-order valence-corrected chi connectivity index (χ3v) is 2.85. The Balaban J connectivity index is 2.31. The van der Waals surface area contributed by atoms with Crippen molar-refractivity contribution in [3.8, 4) is 5.75 Å². The minimum atomic E-state index is -0.984. The van der Waals surface area contributed by atoms with Gasteiger partial charge < -0.3 is 14.6 Å². The number of rotatable bonds is 6. The largest absolute Gasteiger partial charge is 0.491 e. The van der Waals surface area contributed by atoms with Crippen LogP contribution in [0.1, 0.15) is 0 Å². The molecular formula is C12H11Cl3O4. The van der Waals surface area contributed by atoms with E-state index >= 15 is 0 Å². The van der Waals surface area contributed by atoms with Gasteiger partial charge in [0.25, 0.3) is 0 Å². The summed E-state index contributed by atoms with van der Waals surface area (Å²) in [5, 5.41) is 9.12. The van der Waals surface area contributed by atoms with Gasteiger partial charge in [0.15, 0.2) is 5.03 Å². The van der Waals surface area contributed by atoms with Crippen molar-refractivity contribution in [1.82, 2.24) is 0 Å². The Labute approximate surface area is 125 Å². The van der Waals surface area contributed by atoms with Gasteiger partial charge >= 0.3 is 5.97 Å². The van der Waals surface area contributed by atoms with Crippen molar-refractivity contribution in [2.24, 2.45) is 0 Å². The first-order valence-corrected chi connectivity index (χ1v) is 6.38. The van der Waals surface area contributed by atoms with Crippen LogP contribution >= 0.6 is 34.8 Å². The monoisotopic (exact) mass is 324 g/mol. The third kappa shape index (κ3) is 6.16. The molecule has 0 aliphatic rings. The Hall–Kier alpha value is -0.940. The van der Waals surface area contributed by atoms with Gasteiger partial charge in [-0.2, -0.15) is 0 Å².